The van der Waals surface area contributed by atoms with Crippen LogP contribution in [0.25, 0.3) is 0 Å². The zero-order valence-corrected chi connectivity index (χ0v) is 9.73. The summed E-state index contributed by atoms with van der Waals surface area (Å²) in [5.41, 5.74) is 0.968. The van der Waals surface area contributed by atoms with E-state index in [1.54, 1.807) is 18.2 Å². The van der Waals surface area contributed by atoms with Gasteiger partial charge in [-0.3, -0.25) is 0 Å². The summed E-state index contributed by atoms with van der Waals surface area (Å²) in [5.74, 6) is 0.149. The molecule has 2 nitrogen and oxygen atoms in total. The SMILES string of the molecule is Cc1cccc(S(=O)(=O)CCBr)c1. The van der Waals surface area contributed by atoms with Gasteiger partial charge in [-0.25, -0.2) is 8.42 Å². The summed E-state index contributed by atoms with van der Waals surface area (Å²) in [4.78, 5) is 0.409. The number of aryl methyl sites for hydroxylation is 1. The molecule has 4 heteroatoms. The molecule has 0 fully saturated rings. The van der Waals surface area contributed by atoms with E-state index in [-0.39, 0.29) is 5.75 Å². The van der Waals surface area contributed by atoms with Crippen LogP contribution in [0.5, 0.6) is 0 Å². The molecule has 0 heterocycles. The lowest BCUT2D eigenvalue weighted by Gasteiger charge is -2.02. The van der Waals surface area contributed by atoms with Crippen LogP contribution in [0.4, 0.5) is 0 Å². The molecule has 0 spiro atoms. The highest BCUT2D eigenvalue weighted by atomic mass is 79.9. The summed E-state index contributed by atoms with van der Waals surface area (Å²) in [6.45, 7) is 1.88. The van der Waals surface area contributed by atoms with Crippen LogP contribution in [0, 0.1) is 6.92 Å². The van der Waals surface area contributed by atoms with Crippen molar-refractivity contribution in [2.24, 2.45) is 0 Å². The van der Waals surface area contributed by atoms with Gasteiger partial charge in [-0.2, -0.15) is 0 Å². The van der Waals surface area contributed by atoms with Gasteiger partial charge in [-0.1, -0.05) is 28.1 Å². The van der Waals surface area contributed by atoms with Gasteiger partial charge >= 0.3 is 0 Å². The molecule has 72 valence electrons. The minimum atomic E-state index is -3.08. The fourth-order valence-electron chi connectivity index (χ4n) is 1.03. The first-order valence-corrected chi connectivity index (χ1v) is 6.69. The van der Waals surface area contributed by atoms with E-state index >= 15 is 0 Å². The van der Waals surface area contributed by atoms with E-state index in [1.807, 2.05) is 13.0 Å². The summed E-state index contributed by atoms with van der Waals surface area (Å²) < 4.78 is 23.1. The molecular weight excluding hydrogens is 252 g/mol. The maximum absolute atomic E-state index is 11.6. The Balaban J connectivity index is 3.08. The van der Waals surface area contributed by atoms with Crippen LogP contribution in [0.3, 0.4) is 0 Å². The number of benzene rings is 1. The highest BCUT2D eigenvalue weighted by Gasteiger charge is 2.12. The second-order valence-corrected chi connectivity index (χ2v) is 5.73. The van der Waals surface area contributed by atoms with Gasteiger partial charge in [-0.15, -0.1) is 0 Å². The Labute approximate surface area is 87.0 Å². The van der Waals surface area contributed by atoms with Gasteiger partial charge in [0.1, 0.15) is 0 Å². The van der Waals surface area contributed by atoms with Crippen LogP contribution in [-0.2, 0) is 9.84 Å². The standard InChI is InChI=1S/C9H11BrO2S/c1-8-3-2-4-9(7-8)13(11,12)6-5-10/h2-4,7H,5-6H2,1H3. The van der Waals surface area contributed by atoms with Crippen molar-refractivity contribution in [3.05, 3.63) is 29.8 Å². The molecular formula is C9H11BrO2S. The molecule has 13 heavy (non-hydrogen) atoms. The van der Waals surface area contributed by atoms with Crippen molar-refractivity contribution in [3.8, 4) is 0 Å². The zero-order valence-electron chi connectivity index (χ0n) is 7.33. The number of rotatable bonds is 3. The maximum atomic E-state index is 11.6. The third-order valence-corrected chi connectivity index (χ3v) is 4.33. The van der Waals surface area contributed by atoms with E-state index < -0.39 is 9.84 Å². The highest BCUT2D eigenvalue weighted by molar-refractivity contribution is 9.09. The lowest BCUT2D eigenvalue weighted by atomic mass is 10.2. The van der Waals surface area contributed by atoms with Gasteiger partial charge in [-0.05, 0) is 24.6 Å². The van der Waals surface area contributed by atoms with E-state index in [9.17, 15) is 8.42 Å². The Morgan fingerprint density at radius 3 is 2.62 bits per heavy atom. The number of sulfone groups is 1. The smallest absolute Gasteiger partial charge is 0.179 e. The molecule has 1 aromatic carbocycles. The van der Waals surface area contributed by atoms with Gasteiger partial charge in [0, 0.05) is 5.33 Å². The van der Waals surface area contributed by atoms with Gasteiger partial charge in [0.2, 0.25) is 0 Å². The molecule has 0 aliphatic carbocycles. The fourth-order valence-corrected chi connectivity index (χ4v) is 3.40. The first-order valence-electron chi connectivity index (χ1n) is 3.91. The van der Waals surface area contributed by atoms with E-state index in [1.165, 1.54) is 0 Å². The number of halogens is 1. The van der Waals surface area contributed by atoms with Crippen LogP contribution in [0.2, 0.25) is 0 Å². The van der Waals surface area contributed by atoms with Crippen LogP contribution in [0.1, 0.15) is 5.56 Å². The van der Waals surface area contributed by atoms with Crippen LogP contribution >= 0.6 is 15.9 Å². The molecule has 0 aromatic heterocycles. The van der Waals surface area contributed by atoms with E-state index in [0.29, 0.717) is 10.2 Å². The van der Waals surface area contributed by atoms with Crippen molar-refractivity contribution in [1.82, 2.24) is 0 Å². The molecule has 0 N–H and O–H groups in total. The Hall–Kier alpha value is -0.350. The number of alkyl halides is 1. The Morgan fingerprint density at radius 2 is 2.08 bits per heavy atom. The summed E-state index contributed by atoms with van der Waals surface area (Å²) in [6.07, 6.45) is 0. The second-order valence-electron chi connectivity index (χ2n) is 2.82. The molecule has 0 radical (unpaired) electrons. The van der Waals surface area contributed by atoms with Gasteiger partial charge in [0.05, 0.1) is 10.6 Å². The molecule has 0 saturated carbocycles. The van der Waals surface area contributed by atoms with Crippen LogP contribution < -0.4 is 0 Å². The fraction of sp³-hybridized carbons (Fsp3) is 0.333. The van der Waals surface area contributed by atoms with Gasteiger partial charge < -0.3 is 0 Å². The van der Waals surface area contributed by atoms with E-state index in [4.69, 9.17) is 0 Å². The molecule has 1 aromatic rings. The zero-order chi connectivity index (χ0) is 9.90. The molecule has 0 saturated heterocycles. The molecule has 0 aliphatic heterocycles. The summed E-state index contributed by atoms with van der Waals surface area (Å²) in [6, 6.07) is 6.96. The topological polar surface area (TPSA) is 34.1 Å². The summed E-state index contributed by atoms with van der Waals surface area (Å²) in [5, 5.41) is 0.475. The lowest BCUT2D eigenvalue weighted by Crippen LogP contribution is -2.07. The monoisotopic (exact) mass is 262 g/mol. The summed E-state index contributed by atoms with van der Waals surface area (Å²) >= 11 is 3.12. The molecule has 1 rings (SSSR count). The first kappa shape index (κ1) is 10.7. The molecule has 0 aliphatic rings. The average Bonchev–Trinajstić information content (AvgIpc) is 2.04. The van der Waals surface area contributed by atoms with Crippen molar-refractivity contribution < 1.29 is 8.42 Å². The van der Waals surface area contributed by atoms with Crippen molar-refractivity contribution in [2.75, 3.05) is 11.1 Å². The average molecular weight is 263 g/mol. The molecule has 0 atom stereocenters. The van der Waals surface area contributed by atoms with E-state index in [2.05, 4.69) is 15.9 Å². The maximum Gasteiger partial charge on any atom is 0.179 e. The quantitative estimate of drug-likeness (QED) is 0.783. The Morgan fingerprint density at radius 1 is 1.38 bits per heavy atom. The predicted molar refractivity (Wildman–Crippen MR) is 57.0 cm³/mol. The van der Waals surface area contributed by atoms with Gasteiger partial charge in [0.15, 0.2) is 9.84 Å². The first-order chi connectivity index (χ1) is 6.06. The summed E-state index contributed by atoms with van der Waals surface area (Å²) in [7, 11) is -3.08. The minimum absolute atomic E-state index is 0.149. The largest absolute Gasteiger partial charge is 0.224 e. The molecule has 0 amide bonds. The molecule has 0 bridgehead atoms. The Bertz CT molecular complexity index is 384. The normalized spacial score (nSPS) is 11.5. The number of hydrogen-bond donors (Lipinski definition) is 0. The highest BCUT2D eigenvalue weighted by Crippen LogP contribution is 2.12. The van der Waals surface area contributed by atoms with Crippen LogP contribution in [-0.4, -0.2) is 19.5 Å². The van der Waals surface area contributed by atoms with Crippen LogP contribution in [0.15, 0.2) is 29.2 Å². The third kappa shape index (κ3) is 2.81. The predicted octanol–water partition coefficient (Wildman–Crippen LogP) is 2.16. The lowest BCUT2D eigenvalue weighted by molar-refractivity contribution is 0.597. The number of hydrogen-bond acceptors (Lipinski definition) is 2. The molecule has 0 unspecified atom stereocenters. The van der Waals surface area contributed by atoms with Crippen molar-refractivity contribution in [1.29, 1.82) is 0 Å². The Kier molecular flexibility index (Phi) is 3.50. The minimum Gasteiger partial charge on any atom is -0.224 e. The van der Waals surface area contributed by atoms with Crippen molar-refractivity contribution >= 4 is 25.8 Å². The van der Waals surface area contributed by atoms with E-state index in [0.717, 1.165) is 5.56 Å². The van der Waals surface area contributed by atoms with Crippen molar-refractivity contribution in [2.45, 2.75) is 11.8 Å². The second kappa shape index (κ2) is 4.24. The van der Waals surface area contributed by atoms with Gasteiger partial charge in [0.25, 0.3) is 0 Å². The van der Waals surface area contributed by atoms with Crippen molar-refractivity contribution in [3.63, 3.8) is 0 Å². The third-order valence-electron chi connectivity index (χ3n) is 1.69.